The van der Waals surface area contributed by atoms with Gasteiger partial charge in [-0.05, 0) is 31.5 Å². The van der Waals surface area contributed by atoms with Crippen molar-refractivity contribution in [1.29, 1.82) is 0 Å². The van der Waals surface area contributed by atoms with Crippen molar-refractivity contribution >= 4 is 41.5 Å². The van der Waals surface area contributed by atoms with Gasteiger partial charge in [0.15, 0.2) is 5.54 Å². The van der Waals surface area contributed by atoms with E-state index < -0.39 is 34.7 Å². The van der Waals surface area contributed by atoms with Gasteiger partial charge in [-0.2, -0.15) is 0 Å². The maximum atomic E-state index is 14.4. The number of halogens is 2. The number of morpholine rings is 1. The molecule has 5 rings (SSSR count). The molecule has 10 heteroatoms. The van der Waals surface area contributed by atoms with E-state index in [4.69, 9.17) is 4.74 Å². The lowest BCUT2D eigenvalue weighted by Crippen LogP contribution is -2.54. The molecule has 2 amide bonds. The molecule has 1 unspecified atom stereocenters. The summed E-state index contributed by atoms with van der Waals surface area (Å²) in [6.45, 7) is 6.70. The van der Waals surface area contributed by atoms with E-state index in [0.717, 1.165) is 6.07 Å². The normalized spacial score (nSPS) is 23.1. The van der Waals surface area contributed by atoms with Crippen LogP contribution in [0.4, 0.5) is 10.1 Å². The molecule has 0 bridgehead atoms. The molecule has 3 aliphatic rings. The molecule has 3 heterocycles. The van der Waals surface area contributed by atoms with Crippen LogP contribution in [0.1, 0.15) is 23.6 Å². The Bertz CT molecular complexity index is 1290. The summed E-state index contributed by atoms with van der Waals surface area (Å²) in [5, 5.41) is 11.4. The second kappa shape index (κ2) is 10.2. The monoisotopic (exact) mass is 529 g/mol. The van der Waals surface area contributed by atoms with Gasteiger partial charge in [-0.3, -0.25) is 19.3 Å². The molecule has 1 spiro atoms. The molecule has 37 heavy (non-hydrogen) atoms. The van der Waals surface area contributed by atoms with Crippen molar-refractivity contribution in [2.45, 2.75) is 19.4 Å². The van der Waals surface area contributed by atoms with Crippen LogP contribution in [-0.2, 0) is 24.7 Å². The third kappa shape index (κ3) is 4.02. The van der Waals surface area contributed by atoms with Crippen molar-refractivity contribution in [2.75, 3.05) is 50.8 Å². The van der Waals surface area contributed by atoms with Gasteiger partial charge >= 0.3 is 0 Å². The van der Waals surface area contributed by atoms with Crippen LogP contribution in [0.25, 0.3) is 5.76 Å². The highest BCUT2D eigenvalue weighted by Crippen LogP contribution is 2.53. The molecule has 196 valence electrons. The number of likely N-dealkylation sites (N-methyl/N-ethyl adjacent to an activating group) is 1. The van der Waals surface area contributed by atoms with Crippen LogP contribution in [0.2, 0.25) is 0 Å². The van der Waals surface area contributed by atoms with Gasteiger partial charge in [-0.1, -0.05) is 30.3 Å². The summed E-state index contributed by atoms with van der Waals surface area (Å²) >= 11 is 0. The average molecular weight is 530 g/mol. The zero-order chi connectivity index (χ0) is 25.6. The van der Waals surface area contributed by atoms with Crippen LogP contribution in [0.15, 0.2) is 48.0 Å². The quantitative estimate of drug-likeness (QED) is 0.364. The molecule has 2 aromatic rings. The van der Waals surface area contributed by atoms with E-state index in [9.17, 15) is 23.9 Å². The summed E-state index contributed by atoms with van der Waals surface area (Å²) in [5.74, 6) is -3.44. The first-order valence-corrected chi connectivity index (χ1v) is 12.1. The van der Waals surface area contributed by atoms with Crippen molar-refractivity contribution in [2.24, 2.45) is 0 Å². The standard InChI is InChI=1S/C27H28FN3O5.ClH/c1-3-30-21-7-5-4-6-19(21)27(26(30)35)22(23(32)18-9-8-17(2)20(28)16-18)24(33)25(34)31(27)11-10-29-12-14-36-15-13-29;/h4-9,16,32H,3,10-15H2,1-2H3;1H/b23-22-;. The van der Waals surface area contributed by atoms with Gasteiger partial charge in [0, 0.05) is 43.9 Å². The van der Waals surface area contributed by atoms with Crippen LogP contribution in [0.5, 0.6) is 0 Å². The number of aliphatic hydroxyl groups is 1. The maximum absolute atomic E-state index is 14.4. The van der Waals surface area contributed by atoms with E-state index in [1.54, 1.807) is 31.2 Å². The molecular weight excluding hydrogens is 501 g/mol. The lowest BCUT2D eigenvalue weighted by atomic mass is 9.82. The Morgan fingerprint density at radius 3 is 2.46 bits per heavy atom. The number of benzene rings is 2. The maximum Gasteiger partial charge on any atom is 0.296 e. The first-order valence-electron chi connectivity index (χ1n) is 12.1. The molecule has 0 radical (unpaired) electrons. The number of fused-ring (bicyclic) bond motifs is 2. The number of anilines is 1. The Labute approximate surface area is 220 Å². The minimum absolute atomic E-state index is 0. The summed E-state index contributed by atoms with van der Waals surface area (Å²) in [7, 11) is 0. The van der Waals surface area contributed by atoms with Crippen molar-refractivity contribution in [3.8, 4) is 0 Å². The Morgan fingerprint density at radius 2 is 1.78 bits per heavy atom. The smallest absolute Gasteiger partial charge is 0.296 e. The minimum Gasteiger partial charge on any atom is -0.507 e. The molecular formula is C27H29ClFN3O5. The lowest BCUT2D eigenvalue weighted by molar-refractivity contribution is -0.144. The fourth-order valence-electron chi connectivity index (χ4n) is 5.43. The van der Waals surface area contributed by atoms with Gasteiger partial charge in [0.25, 0.3) is 17.6 Å². The van der Waals surface area contributed by atoms with E-state index in [1.807, 2.05) is 6.92 Å². The topological polar surface area (TPSA) is 90.4 Å². The lowest BCUT2D eigenvalue weighted by Gasteiger charge is -2.36. The predicted molar refractivity (Wildman–Crippen MR) is 138 cm³/mol. The van der Waals surface area contributed by atoms with Gasteiger partial charge in [0.1, 0.15) is 11.6 Å². The van der Waals surface area contributed by atoms with E-state index >= 15 is 0 Å². The number of ether oxygens (including phenoxy) is 1. The number of hydrogen-bond acceptors (Lipinski definition) is 6. The molecule has 2 aromatic carbocycles. The Balaban J connectivity index is 0.00000320. The Hall–Kier alpha value is -3.27. The molecule has 0 saturated carbocycles. The number of aliphatic hydroxyl groups excluding tert-OH is 1. The third-order valence-electron chi connectivity index (χ3n) is 7.31. The zero-order valence-electron chi connectivity index (χ0n) is 20.7. The summed E-state index contributed by atoms with van der Waals surface area (Å²) < 4.78 is 19.8. The number of carbonyl (C=O) groups is 3. The highest BCUT2D eigenvalue weighted by molar-refractivity contribution is 6.50. The number of carbonyl (C=O) groups excluding carboxylic acids is 3. The van der Waals surface area contributed by atoms with Crippen molar-refractivity contribution in [3.63, 3.8) is 0 Å². The van der Waals surface area contributed by atoms with Gasteiger partial charge in [0.2, 0.25) is 0 Å². The highest BCUT2D eigenvalue weighted by Gasteiger charge is 2.66. The van der Waals surface area contributed by atoms with Crippen LogP contribution < -0.4 is 4.90 Å². The molecule has 1 N–H and O–H groups in total. The number of nitrogens with zero attached hydrogens (tertiary/aromatic N) is 3. The van der Waals surface area contributed by atoms with Crippen LogP contribution in [0, 0.1) is 12.7 Å². The SMILES string of the molecule is CCN1C(=O)C2(/C(=C(\O)c3ccc(C)c(F)c3)C(=O)C(=O)N2CCN2CCOCC2)c2ccccc21.Cl. The summed E-state index contributed by atoms with van der Waals surface area (Å²) in [6, 6.07) is 11.1. The molecule has 0 aliphatic carbocycles. The van der Waals surface area contributed by atoms with E-state index in [0.29, 0.717) is 56.2 Å². The van der Waals surface area contributed by atoms with Gasteiger partial charge in [0.05, 0.1) is 24.5 Å². The van der Waals surface area contributed by atoms with Crippen LogP contribution in [-0.4, -0.2) is 78.4 Å². The summed E-state index contributed by atoms with van der Waals surface area (Å²) in [5.41, 5.74) is -0.739. The minimum atomic E-state index is -1.83. The van der Waals surface area contributed by atoms with Crippen molar-refractivity contribution in [1.82, 2.24) is 9.80 Å². The molecule has 1 atom stereocenters. The van der Waals surface area contributed by atoms with E-state index in [2.05, 4.69) is 4.90 Å². The van der Waals surface area contributed by atoms with E-state index in [-0.39, 0.29) is 30.1 Å². The fraction of sp³-hybridized carbons (Fsp3) is 0.370. The highest BCUT2D eigenvalue weighted by atomic mass is 35.5. The van der Waals surface area contributed by atoms with Crippen LogP contribution >= 0.6 is 12.4 Å². The number of para-hydroxylation sites is 1. The third-order valence-corrected chi connectivity index (χ3v) is 7.31. The summed E-state index contributed by atoms with van der Waals surface area (Å²) in [4.78, 5) is 46.1. The number of likely N-dealkylation sites (tertiary alicyclic amines) is 1. The number of hydrogen-bond donors (Lipinski definition) is 1. The average Bonchev–Trinajstić information content (AvgIpc) is 3.27. The number of aryl methyl sites for hydroxylation is 1. The van der Waals surface area contributed by atoms with Crippen molar-refractivity contribution in [3.05, 3.63) is 70.5 Å². The van der Waals surface area contributed by atoms with Gasteiger partial charge < -0.3 is 19.6 Å². The molecule has 3 aliphatic heterocycles. The number of Topliss-reactive ketones (excluding diaryl/α,β-unsaturated/α-hetero) is 1. The number of amides is 2. The Kier molecular flexibility index (Phi) is 7.41. The van der Waals surface area contributed by atoms with Gasteiger partial charge in [-0.25, -0.2) is 4.39 Å². The number of ketones is 1. The van der Waals surface area contributed by atoms with Crippen molar-refractivity contribution < 1.29 is 28.6 Å². The Morgan fingerprint density at radius 1 is 1.08 bits per heavy atom. The zero-order valence-corrected chi connectivity index (χ0v) is 21.5. The molecule has 2 fully saturated rings. The van der Waals surface area contributed by atoms with Crippen LogP contribution in [0.3, 0.4) is 0 Å². The molecule has 0 aromatic heterocycles. The number of rotatable bonds is 5. The first kappa shape index (κ1) is 26.8. The molecule has 8 nitrogen and oxygen atoms in total. The summed E-state index contributed by atoms with van der Waals surface area (Å²) in [6.07, 6.45) is 0. The molecule has 2 saturated heterocycles. The van der Waals surface area contributed by atoms with Gasteiger partial charge in [-0.15, -0.1) is 12.4 Å². The first-order chi connectivity index (χ1) is 17.3. The second-order valence-corrected chi connectivity index (χ2v) is 9.20. The van der Waals surface area contributed by atoms with E-state index in [1.165, 1.54) is 21.9 Å². The fourth-order valence-corrected chi connectivity index (χ4v) is 5.43. The largest absolute Gasteiger partial charge is 0.507 e. The predicted octanol–water partition coefficient (Wildman–Crippen LogP) is 2.83. The second-order valence-electron chi connectivity index (χ2n) is 9.20.